The lowest BCUT2D eigenvalue weighted by Gasteiger charge is -2.08. The molecule has 0 fully saturated rings. The average molecular weight is 343 g/mol. The van der Waals surface area contributed by atoms with Gasteiger partial charge in [0.25, 0.3) is 5.91 Å². The zero-order valence-electron chi connectivity index (χ0n) is 12.5. The molecule has 1 aromatic heterocycles. The molecule has 0 aliphatic carbocycles. The van der Waals surface area contributed by atoms with Gasteiger partial charge in [-0.2, -0.15) is 8.75 Å². The van der Waals surface area contributed by atoms with Crippen molar-refractivity contribution in [1.29, 1.82) is 0 Å². The van der Waals surface area contributed by atoms with E-state index in [1.54, 1.807) is 42.5 Å². The molecule has 0 atom stereocenters. The first kappa shape index (κ1) is 15.9. The highest BCUT2D eigenvalue weighted by Gasteiger charge is 2.11. The third-order valence-electron chi connectivity index (χ3n) is 3.02. The molecule has 1 heterocycles. The first-order valence-corrected chi connectivity index (χ1v) is 7.80. The number of carbonyl (C=O) groups excluding carboxylic acids is 2. The van der Waals surface area contributed by atoms with Gasteiger partial charge in [-0.05, 0) is 24.3 Å². The van der Waals surface area contributed by atoms with E-state index in [9.17, 15) is 9.59 Å². The second-order valence-corrected chi connectivity index (χ2v) is 5.28. The quantitative estimate of drug-likeness (QED) is 0.690. The molecule has 0 unspecified atom stereocenters. The highest BCUT2D eigenvalue weighted by molar-refractivity contribution is 7.00. The Bertz CT molecular complexity index is 851. The van der Waals surface area contributed by atoms with Crippen molar-refractivity contribution in [3.63, 3.8) is 0 Å². The van der Waals surface area contributed by atoms with Crippen LogP contribution in [-0.2, 0) is 14.3 Å². The summed E-state index contributed by atoms with van der Waals surface area (Å²) in [5, 5.41) is 2.65. The Morgan fingerprint density at radius 1 is 1.00 bits per heavy atom. The van der Waals surface area contributed by atoms with Crippen LogP contribution >= 0.6 is 11.7 Å². The molecule has 0 saturated carbocycles. The Labute approximate surface area is 141 Å². The molecular weight excluding hydrogens is 330 g/mol. The van der Waals surface area contributed by atoms with Gasteiger partial charge < -0.3 is 14.8 Å². The fourth-order valence-corrected chi connectivity index (χ4v) is 2.49. The summed E-state index contributed by atoms with van der Waals surface area (Å²) in [6.07, 6.45) is 0. The summed E-state index contributed by atoms with van der Waals surface area (Å²) in [6, 6.07) is 14.2. The standard InChI is InChI=1S/C16H13N3O4S/c20-14(17-12-7-4-8-13-16(12)19-24-18-13)9-23-15(21)10-22-11-5-2-1-3-6-11/h1-8H,9-10H2,(H,17,20). The van der Waals surface area contributed by atoms with Crippen LogP contribution in [0.3, 0.4) is 0 Å². The van der Waals surface area contributed by atoms with E-state index in [1.807, 2.05) is 6.07 Å². The van der Waals surface area contributed by atoms with Gasteiger partial charge in [0, 0.05) is 0 Å². The Morgan fingerprint density at radius 2 is 1.83 bits per heavy atom. The molecule has 8 heteroatoms. The molecule has 24 heavy (non-hydrogen) atoms. The van der Waals surface area contributed by atoms with E-state index in [4.69, 9.17) is 9.47 Å². The molecule has 0 spiro atoms. The van der Waals surface area contributed by atoms with Gasteiger partial charge in [0.05, 0.1) is 17.4 Å². The van der Waals surface area contributed by atoms with Gasteiger partial charge in [-0.25, -0.2) is 4.79 Å². The topological polar surface area (TPSA) is 90.4 Å². The number of carbonyl (C=O) groups is 2. The van der Waals surface area contributed by atoms with Gasteiger partial charge in [-0.1, -0.05) is 24.3 Å². The number of benzene rings is 2. The number of rotatable bonds is 6. The normalized spacial score (nSPS) is 10.3. The number of nitrogens with zero attached hydrogens (tertiary/aromatic N) is 2. The third kappa shape index (κ3) is 4.05. The van der Waals surface area contributed by atoms with Crippen LogP contribution in [0.5, 0.6) is 5.75 Å². The number of anilines is 1. The number of esters is 1. The van der Waals surface area contributed by atoms with Gasteiger partial charge in [-0.15, -0.1) is 0 Å². The fourth-order valence-electron chi connectivity index (χ4n) is 1.94. The van der Waals surface area contributed by atoms with Gasteiger partial charge in [-0.3, -0.25) is 4.79 Å². The molecular formula is C16H13N3O4S. The molecule has 3 aromatic rings. The van der Waals surface area contributed by atoms with E-state index in [1.165, 1.54) is 0 Å². The zero-order valence-corrected chi connectivity index (χ0v) is 13.3. The smallest absolute Gasteiger partial charge is 0.344 e. The molecule has 0 bridgehead atoms. The number of aromatic nitrogens is 2. The summed E-state index contributed by atoms with van der Waals surface area (Å²) in [5.41, 5.74) is 1.84. The molecule has 3 rings (SSSR count). The molecule has 7 nitrogen and oxygen atoms in total. The van der Waals surface area contributed by atoms with Crippen molar-refractivity contribution < 1.29 is 19.1 Å². The molecule has 0 radical (unpaired) electrons. The van der Waals surface area contributed by atoms with Crippen LogP contribution in [-0.4, -0.2) is 33.8 Å². The van der Waals surface area contributed by atoms with Crippen molar-refractivity contribution in [1.82, 2.24) is 8.75 Å². The SMILES string of the molecule is O=C(COC(=O)COc1ccccc1)Nc1cccc2nsnc12. The average Bonchev–Trinajstić information content (AvgIpc) is 3.09. The fraction of sp³-hybridized carbons (Fsp3) is 0.125. The maximum absolute atomic E-state index is 11.9. The molecule has 0 aliphatic rings. The first-order chi connectivity index (χ1) is 11.7. The predicted octanol–water partition coefficient (Wildman–Crippen LogP) is 2.25. The van der Waals surface area contributed by atoms with Gasteiger partial charge in [0.1, 0.15) is 16.8 Å². The second kappa shape index (κ2) is 7.51. The van der Waals surface area contributed by atoms with Crippen molar-refractivity contribution in [2.75, 3.05) is 18.5 Å². The van der Waals surface area contributed by atoms with Gasteiger partial charge >= 0.3 is 5.97 Å². The number of fused-ring (bicyclic) bond motifs is 1. The monoisotopic (exact) mass is 343 g/mol. The number of hydrogen-bond acceptors (Lipinski definition) is 7. The largest absolute Gasteiger partial charge is 0.482 e. The van der Waals surface area contributed by atoms with Crippen molar-refractivity contribution >= 4 is 40.3 Å². The molecule has 2 aromatic carbocycles. The minimum absolute atomic E-state index is 0.261. The summed E-state index contributed by atoms with van der Waals surface area (Å²) in [4.78, 5) is 23.5. The number of nitrogens with one attached hydrogen (secondary N) is 1. The summed E-state index contributed by atoms with van der Waals surface area (Å²) < 4.78 is 18.3. The van der Waals surface area contributed by atoms with Crippen LogP contribution in [0.1, 0.15) is 0 Å². The predicted molar refractivity (Wildman–Crippen MR) is 88.9 cm³/mol. The molecule has 1 N–H and O–H groups in total. The van der Waals surface area contributed by atoms with Gasteiger partial charge in [0.2, 0.25) is 0 Å². The highest BCUT2D eigenvalue weighted by atomic mass is 32.1. The van der Waals surface area contributed by atoms with Crippen molar-refractivity contribution in [3.8, 4) is 5.75 Å². The Morgan fingerprint density at radius 3 is 2.67 bits per heavy atom. The minimum Gasteiger partial charge on any atom is -0.482 e. The maximum Gasteiger partial charge on any atom is 0.344 e. The van der Waals surface area contributed by atoms with Gasteiger partial charge in [0.15, 0.2) is 13.2 Å². The zero-order chi connectivity index (χ0) is 16.8. The van der Waals surface area contributed by atoms with E-state index >= 15 is 0 Å². The van der Waals surface area contributed by atoms with E-state index in [2.05, 4.69) is 14.1 Å². The maximum atomic E-state index is 11.9. The van der Waals surface area contributed by atoms with Crippen LogP contribution in [0.2, 0.25) is 0 Å². The molecule has 0 aliphatic heterocycles. The van der Waals surface area contributed by atoms with Crippen LogP contribution in [0, 0.1) is 0 Å². The van der Waals surface area contributed by atoms with Crippen molar-refractivity contribution in [3.05, 3.63) is 48.5 Å². The first-order valence-electron chi connectivity index (χ1n) is 7.07. The second-order valence-electron chi connectivity index (χ2n) is 4.75. The molecule has 122 valence electrons. The summed E-state index contributed by atoms with van der Waals surface area (Å²) in [5.74, 6) is -0.521. The van der Waals surface area contributed by atoms with E-state index < -0.39 is 18.5 Å². The lowest BCUT2D eigenvalue weighted by Crippen LogP contribution is -2.23. The third-order valence-corrected chi connectivity index (χ3v) is 3.57. The van der Waals surface area contributed by atoms with E-state index in [0.29, 0.717) is 22.5 Å². The Balaban J connectivity index is 1.47. The van der Waals surface area contributed by atoms with E-state index in [0.717, 1.165) is 11.7 Å². The van der Waals surface area contributed by atoms with Crippen LogP contribution in [0.15, 0.2) is 48.5 Å². The summed E-state index contributed by atoms with van der Waals surface area (Å²) in [7, 11) is 0. The van der Waals surface area contributed by atoms with E-state index in [-0.39, 0.29) is 6.61 Å². The van der Waals surface area contributed by atoms with Crippen LogP contribution in [0.4, 0.5) is 5.69 Å². The number of amides is 1. The van der Waals surface area contributed by atoms with Crippen molar-refractivity contribution in [2.24, 2.45) is 0 Å². The lowest BCUT2D eigenvalue weighted by atomic mass is 10.2. The number of hydrogen-bond donors (Lipinski definition) is 1. The number of ether oxygens (including phenoxy) is 2. The molecule has 0 saturated heterocycles. The van der Waals surface area contributed by atoms with Crippen LogP contribution in [0.25, 0.3) is 11.0 Å². The Kier molecular flexibility index (Phi) is 4.97. The lowest BCUT2D eigenvalue weighted by molar-refractivity contribution is -0.149. The van der Waals surface area contributed by atoms with Crippen molar-refractivity contribution in [2.45, 2.75) is 0 Å². The molecule has 1 amide bonds. The number of para-hydroxylation sites is 1. The summed E-state index contributed by atoms with van der Waals surface area (Å²) in [6.45, 7) is -0.659. The summed E-state index contributed by atoms with van der Waals surface area (Å²) >= 11 is 1.06. The highest BCUT2D eigenvalue weighted by Crippen LogP contribution is 2.20. The minimum atomic E-state index is -0.623. The van der Waals surface area contributed by atoms with Crippen LogP contribution < -0.4 is 10.1 Å². The Hall–Kier alpha value is -3.00.